The zero-order valence-corrected chi connectivity index (χ0v) is 12.8. The van der Waals surface area contributed by atoms with Crippen molar-refractivity contribution < 1.29 is 4.39 Å². The van der Waals surface area contributed by atoms with Crippen LogP contribution in [0.1, 0.15) is 17.0 Å². The van der Waals surface area contributed by atoms with Crippen LogP contribution in [0, 0.1) is 19.7 Å². The Bertz CT molecular complexity index is 788. The number of hydrogen-bond donors (Lipinski definition) is 0. The van der Waals surface area contributed by atoms with E-state index in [4.69, 9.17) is 11.6 Å². The van der Waals surface area contributed by atoms with Gasteiger partial charge in [0.05, 0.1) is 11.0 Å². The van der Waals surface area contributed by atoms with E-state index in [0.29, 0.717) is 12.3 Å². The summed E-state index contributed by atoms with van der Waals surface area (Å²) in [7, 11) is 0. The highest BCUT2D eigenvalue weighted by Crippen LogP contribution is 2.24. The van der Waals surface area contributed by atoms with Crippen molar-refractivity contribution in [3.8, 4) is 5.69 Å². The van der Waals surface area contributed by atoms with E-state index in [-0.39, 0.29) is 5.82 Å². The molecule has 1 heterocycles. The summed E-state index contributed by atoms with van der Waals surface area (Å²) in [4.78, 5) is 4.59. The lowest BCUT2D eigenvalue weighted by Gasteiger charge is -2.11. The molecule has 1 aromatic heterocycles. The first-order chi connectivity index (χ1) is 10.1. The fraction of sp³-hybridized carbons (Fsp3) is 0.235. The third kappa shape index (κ3) is 2.66. The number of alkyl halides is 1. The molecule has 0 aliphatic rings. The largest absolute Gasteiger partial charge is 0.296 e. The van der Waals surface area contributed by atoms with Gasteiger partial charge in [0.15, 0.2) is 0 Å². The Morgan fingerprint density at radius 2 is 1.81 bits per heavy atom. The van der Waals surface area contributed by atoms with Gasteiger partial charge in [-0.2, -0.15) is 0 Å². The SMILES string of the molecule is Cc1cc(C)cc(-n2c(CCCl)nc3ccc(F)cc32)c1. The molecule has 0 fully saturated rings. The molecule has 4 heteroatoms. The van der Waals surface area contributed by atoms with Crippen LogP contribution in [0.4, 0.5) is 4.39 Å². The summed E-state index contributed by atoms with van der Waals surface area (Å²) in [5, 5.41) is 0. The van der Waals surface area contributed by atoms with Crippen molar-refractivity contribution in [2.45, 2.75) is 20.3 Å². The average molecular weight is 303 g/mol. The third-order valence-electron chi connectivity index (χ3n) is 3.47. The molecule has 0 saturated heterocycles. The molecule has 0 atom stereocenters. The first-order valence-electron chi connectivity index (χ1n) is 6.90. The highest BCUT2D eigenvalue weighted by Gasteiger charge is 2.13. The predicted octanol–water partition coefficient (Wildman–Crippen LogP) is 4.56. The van der Waals surface area contributed by atoms with Gasteiger partial charge in [0.1, 0.15) is 11.6 Å². The summed E-state index contributed by atoms with van der Waals surface area (Å²) >= 11 is 5.89. The van der Waals surface area contributed by atoms with Gasteiger partial charge in [0, 0.05) is 24.1 Å². The van der Waals surface area contributed by atoms with E-state index in [2.05, 4.69) is 37.0 Å². The lowest BCUT2D eigenvalue weighted by Crippen LogP contribution is -2.03. The molecular formula is C17H16ClFN2. The molecule has 0 amide bonds. The number of halogens is 2. The standard InChI is InChI=1S/C17H16ClFN2/c1-11-7-12(2)9-14(8-11)21-16-10-13(19)3-4-15(16)20-17(21)5-6-18/h3-4,7-10H,5-6H2,1-2H3. The van der Waals surface area contributed by atoms with E-state index in [1.165, 1.54) is 23.3 Å². The van der Waals surface area contributed by atoms with Crippen LogP contribution in [0.3, 0.4) is 0 Å². The smallest absolute Gasteiger partial charge is 0.125 e. The highest BCUT2D eigenvalue weighted by molar-refractivity contribution is 6.17. The van der Waals surface area contributed by atoms with Gasteiger partial charge in [-0.05, 0) is 49.2 Å². The topological polar surface area (TPSA) is 17.8 Å². The van der Waals surface area contributed by atoms with Gasteiger partial charge in [0.25, 0.3) is 0 Å². The summed E-state index contributed by atoms with van der Waals surface area (Å²) in [6.45, 7) is 4.11. The van der Waals surface area contributed by atoms with Gasteiger partial charge in [-0.1, -0.05) is 6.07 Å². The molecule has 0 aliphatic carbocycles. The third-order valence-corrected chi connectivity index (χ3v) is 3.66. The van der Waals surface area contributed by atoms with Gasteiger partial charge in [-0.15, -0.1) is 11.6 Å². The number of rotatable bonds is 3. The van der Waals surface area contributed by atoms with Crippen molar-refractivity contribution in [1.29, 1.82) is 0 Å². The van der Waals surface area contributed by atoms with Gasteiger partial charge in [-0.25, -0.2) is 9.37 Å². The number of fused-ring (bicyclic) bond motifs is 1. The molecule has 0 saturated carbocycles. The second kappa shape index (κ2) is 5.49. The lowest BCUT2D eigenvalue weighted by molar-refractivity contribution is 0.629. The molecule has 0 bridgehead atoms. The molecule has 0 aliphatic heterocycles. The number of aromatic nitrogens is 2. The van der Waals surface area contributed by atoms with Gasteiger partial charge in [0.2, 0.25) is 0 Å². The zero-order valence-electron chi connectivity index (χ0n) is 12.0. The van der Waals surface area contributed by atoms with E-state index in [0.717, 1.165) is 22.5 Å². The van der Waals surface area contributed by atoms with Gasteiger partial charge >= 0.3 is 0 Å². The number of benzene rings is 2. The summed E-state index contributed by atoms with van der Waals surface area (Å²) in [5.74, 6) is 1.08. The van der Waals surface area contributed by atoms with Crippen LogP contribution in [-0.4, -0.2) is 15.4 Å². The van der Waals surface area contributed by atoms with Crippen molar-refractivity contribution in [3.63, 3.8) is 0 Å². The summed E-state index contributed by atoms with van der Waals surface area (Å²) in [6, 6.07) is 10.9. The molecule has 2 aromatic carbocycles. The summed E-state index contributed by atoms with van der Waals surface area (Å²) in [6.07, 6.45) is 0.644. The Morgan fingerprint density at radius 1 is 1.10 bits per heavy atom. The van der Waals surface area contributed by atoms with E-state index in [9.17, 15) is 4.39 Å². The van der Waals surface area contributed by atoms with Crippen LogP contribution >= 0.6 is 11.6 Å². The summed E-state index contributed by atoms with van der Waals surface area (Å²) < 4.78 is 15.6. The first-order valence-corrected chi connectivity index (χ1v) is 7.43. The lowest BCUT2D eigenvalue weighted by atomic mass is 10.1. The maximum atomic E-state index is 13.6. The average Bonchev–Trinajstić information content (AvgIpc) is 2.75. The molecule has 0 radical (unpaired) electrons. The predicted molar refractivity (Wildman–Crippen MR) is 84.9 cm³/mol. The van der Waals surface area contributed by atoms with Crippen molar-refractivity contribution >= 4 is 22.6 Å². The minimum Gasteiger partial charge on any atom is -0.296 e. The minimum absolute atomic E-state index is 0.259. The molecule has 108 valence electrons. The van der Waals surface area contributed by atoms with Crippen molar-refractivity contribution in [2.75, 3.05) is 5.88 Å². The van der Waals surface area contributed by atoms with Crippen LogP contribution < -0.4 is 0 Å². The zero-order chi connectivity index (χ0) is 15.0. The quantitative estimate of drug-likeness (QED) is 0.648. The fourth-order valence-corrected chi connectivity index (χ4v) is 2.89. The monoisotopic (exact) mass is 302 g/mol. The van der Waals surface area contributed by atoms with E-state index in [1.54, 1.807) is 6.07 Å². The Balaban J connectivity index is 2.32. The number of imidazole rings is 1. The van der Waals surface area contributed by atoms with Crippen LogP contribution in [-0.2, 0) is 6.42 Å². The molecule has 0 spiro atoms. The molecular weight excluding hydrogens is 287 g/mol. The maximum absolute atomic E-state index is 13.6. The number of nitrogens with zero attached hydrogens (tertiary/aromatic N) is 2. The molecule has 0 unspecified atom stereocenters. The number of hydrogen-bond acceptors (Lipinski definition) is 1. The van der Waals surface area contributed by atoms with Crippen LogP contribution in [0.5, 0.6) is 0 Å². The highest BCUT2D eigenvalue weighted by atomic mass is 35.5. The van der Waals surface area contributed by atoms with E-state index >= 15 is 0 Å². The van der Waals surface area contributed by atoms with Gasteiger partial charge < -0.3 is 0 Å². The Hall–Kier alpha value is -1.87. The second-order valence-electron chi connectivity index (χ2n) is 5.28. The Kier molecular flexibility index (Phi) is 3.68. The van der Waals surface area contributed by atoms with Crippen LogP contribution in [0.25, 0.3) is 16.7 Å². The normalized spacial score (nSPS) is 11.2. The van der Waals surface area contributed by atoms with E-state index in [1.807, 2.05) is 4.57 Å². The minimum atomic E-state index is -0.259. The van der Waals surface area contributed by atoms with Crippen LogP contribution in [0.15, 0.2) is 36.4 Å². The molecule has 2 nitrogen and oxygen atoms in total. The molecule has 3 aromatic rings. The molecule has 21 heavy (non-hydrogen) atoms. The van der Waals surface area contributed by atoms with E-state index < -0.39 is 0 Å². The van der Waals surface area contributed by atoms with Crippen molar-refractivity contribution in [3.05, 3.63) is 59.2 Å². The van der Waals surface area contributed by atoms with Gasteiger partial charge in [-0.3, -0.25) is 4.57 Å². The first kappa shape index (κ1) is 14.1. The fourth-order valence-electron chi connectivity index (χ4n) is 2.72. The van der Waals surface area contributed by atoms with Crippen molar-refractivity contribution in [2.24, 2.45) is 0 Å². The molecule has 0 N–H and O–H groups in total. The summed E-state index contributed by atoms with van der Waals surface area (Å²) in [5.41, 5.74) is 4.90. The Labute approximate surface area is 128 Å². The molecule has 3 rings (SSSR count). The Morgan fingerprint density at radius 3 is 2.48 bits per heavy atom. The second-order valence-corrected chi connectivity index (χ2v) is 5.66. The van der Waals surface area contributed by atoms with Crippen LogP contribution in [0.2, 0.25) is 0 Å². The number of aryl methyl sites for hydroxylation is 3. The maximum Gasteiger partial charge on any atom is 0.125 e. The van der Waals surface area contributed by atoms with Crippen molar-refractivity contribution in [1.82, 2.24) is 9.55 Å².